The summed E-state index contributed by atoms with van der Waals surface area (Å²) in [5.41, 5.74) is 2.96. The summed E-state index contributed by atoms with van der Waals surface area (Å²) in [6, 6.07) is 12.1. The topological polar surface area (TPSA) is 72.5 Å². The Morgan fingerprint density at radius 2 is 1.74 bits per heavy atom. The van der Waals surface area contributed by atoms with Gasteiger partial charge in [0.05, 0.1) is 10.9 Å². The molecule has 0 aliphatic rings. The van der Waals surface area contributed by atoms with Gasteiger partial charge in [0.15, 0.2) is 15.9 Å². The van der Waals surface area contributed by atoms with Crippen LogP contribution in [-0.2, 0) is 14.6 Å². The summed E-state index contributed by atoms with van der Waals surface area (Å²) in [5.74, 6) is 0.505. The van der Waals surface area contributed by atoms with Crippen LogP contribution in [0.1, 0.15) is 43.0 Å². The molecule has 0 unspecified atom stereocenters. The predicted molar refractivity (Wildman–Crippen MR) is 107 cm³/mol. The van der Waals surface area contributed by atoms with Crippen LogP contribution in [0.3, 0.4) is 0 Å². The molecule has 0 saturated heterocycles. The van der Waals surface area contributed by atoms with Crippen molar-refractivity contribution in [3.8, 4) is 5.75 Å². The second-order valence-electron chi connectivity index (χ2n) is 6.86. The van der Waals surface area contributed by atoms with E-state index in [2.05, 4.69) is 5.32 Å². The van der Waals surface area contributed by atoms with Gasteiger partial charge < -0.3 is 10.1 Å². The van der Waals surface area contributed by atoms with Gasteiger partial charge in [-0.1, -0.05) is 36.8 Å². The van der Waals surface area contributed by atoms with Crippen molar-refractivity contribution in [2.24, 2.45) is 0 Å². The third-order valence-electron chi connectivity index (χ3n) is 4.43. The molecule has 0 heterocycles. The average Bonchev–Trinajstić information content (AvgIpc) is 2.60. The summed E-state index contributed by atoms with van der Waals surface area (Å²) >= 11 is 0. The van der Waals surface area contributed by atoms with Crippen molar-refractivity contribution in [1.29, 1.82) is 0 Å². The van der Waals surface area contributed by atoms with Gasteiger partial charge in [0.2, 0.25) is 0 Å². The maximum absolute atomic E-state index is 12.6. The highest BCUT2D eigenvalue weighted by atomic mass is 32.2. The number of aryl methyl sites for hydroxylation is 2. The van der Waals surface area contributed by atoms with Gasteiger partial charge in [-0.3, -0.25) is 4.79 Å². The number of amides is 1. The van der Waals surface area contributed by atoms with Crippen molar-refractivity contribution in [3.05, 3.63) is 59.2 Å². The summed E-state index contributed by atoms with van der Waals surface area (Å²) in [5, 5.41) is 2.94. The number of ether oxygens (including phenoxy) is 1. The van der Waals surface area contributed by atoms with Crippen molar-refractivity contribution in [3.63, 3.8) is 0 Å². The van der Waals surface area contributed by atoms with Crippen molar-refractivity contribution in [2.75, 3.05) is 6.26 Å². The minimum atomic E-state index is -3.23. The predicted octanol–water partition coefficient (Wildman–Crippen LogP) is 3.74. The van der Waals surface area contributed by atoms with Gasteiger partial charge >= 0.3 is 0 Å². The first-order valence-electron chi connectivity index (χ1n) is 8.96. The molecule has 0 saturated carbocycles. The van der Waals surface area contributed by atoms with Crippen LogP contribution < -0.4 is 10.1 Å². The molecule has 1 N–H and O–H groups in total. The van der Waals surface area contributed by atoms with Crippen LogP contribution in [-0.4, -0.2) is 26.7 Å². The molecule has 5 nitrogen and oxygen atoms in total. The first-order valence-corrected chi connectivity index (χ1v) is 10.8. The van der Waals surface area contributed by atoms with Crippen molar-refractivity contribution in [1.82, 2.24) is 5.32 Å². The van der Waals surface area contributed by atoms with Gasteiger partial charge in [-0.2, -0.15) is 0 Å². The van der Waals surface area contributed by atoms with E-state index in [1.165, 1.54) is 6.26 Å². The first-order chi connectivity index (χ1) is 12.6. The van der Waals surface area contributed by atoms with Crippen LogP contribution in [0.15, 0.2) is 47.4 Å². The Bertz CT molecular complexity index is 904. The summed E-state index contributed by atoms with van der Waals surface area (Å²) in [4.78, 5) is 12.9. The number of hydrogen-bond donors (Lipinski definition) is 1. The molecule has 1 amide bonds. The van der Waals surface area contributed by atoms with Gasteiger partial charge in [-0.15, -0.1) is 0 Å². The molecule has 6 heteroatoms. The molecule has 27 heavy (non-hydrogen) atoms. The van der Waals surface area contributed by atoms with Gasteiger partial charge in [-0.25, -0.2) is 8.42 Å². The lowest BCUT2D eigenvalue weighted by Crippen LogP contribution is -2.39. The third kappa shape index (κ3) is 5.57. The molecule has 2 atom stereocenters. The lowest BCUT2D eigenvalue weighted by atomic mass is 10.1. The second kappa shape index (κ2) is 8.57. The molecule has 0 bridgehead atoms. The second-order valence-corrected chi connectivity index (χ2v) is 8.87. The number of hydrogen-bond acceptors (Lipinski definition) is 4. The third-order valence-corrected chi connectivity index (χ3v) is 5.56. The SMILES string of the molecule is CC[C@H](Oc1ccc(C)cc1C)C(=O)N[C@@H](C)c1ccc(S(C)(=O)=O)cc1. The van der Waals surface area contributed by atoms with Crippen LogP contribution in [0.25, 0.3) is 0 Å². The zero-order valence-electron chi connectivity index (χ0n) is 16.4. The number of benzene rings is 2. The molecule has 146 valence electrons. The molecule has 0 spiro atoms. The highest BCUT2D eigenvalue weighted by molar-refractivity contribution is 7.90. The molecule has 0 fully saturated rings. The zero-order chi connectivity index (χ0) is 20.2. The van der Waals surface area contributed by atoms with Crippen LogP contribution in [0.4, 0.5) is 0 Å². The molecule has 2 aromatic carbocycles. The number of nitrogens with one attached hydrogen (secondary N) is 1. The van der Waals surface area contributed by atoms with Crippen LogP contribution >= 0.6 is 0 Å². The van der Waals surface area contributed by atoms with E-state index in [1.54, 1.807) is 24.3 Å². The summed E-state index contributed by atoms with van der Waals surface area (Å²) in [7, 11) is -3.23. The van der Waals surface area contributed by atoms with Crippen LogP contribution in [0, 0.1) is 13.8 Å². The van der Waals surface area contributed by atoms with E-state index in [4.69, 9.17) is 4.74 Å². The Morgan fingerprint density at radius 3 is 2.26 bits per heavy atom. The number of rotatable bonds is 7. The minimum absolute atomic E-state index is 0.197. The van der Waals surface area contributed by atoms with E-state index in [0.29, 0.717) is 12.2 Å². The van der Waals surface area contributed by atoms with E-state index in [9.17, 15) is 13.2 Å². The normalized spacial score (nSPS) is 13.7. The Labute approximate surface area is 161 Å². The quantitative estimate of drug-likeness (QED) is 0.783. The van der Waals surface area contributed by atoms with Gasteiger partial charge in [0.25, 0.3) is 5.91 Å². The maximum Gasteiger partial charge on any atom is 0.261 e. The van der Waals surface area contributed by atoms with Gasteiger partial charge in [0.1, 0.15) is 5.75 Å². The molecule has 2 rings (SSSR count). The van der Waals surface area contributed by atoms with E-state index >= 15 is 0 Å². The summed E-state index contributed by atoms with van der Waals surface area (Å²) in [6.45, 7) is 7.73. The van der Waals surface area contributed by atoms with Crippen LogP contribution in [0.5, 0.6) is 5.75 Å². The van der Waals surface area contributed by atoms with Gasteiger partial charge in [0, 0.05) is 6.26 Å². The fourth-order valence-electron chi connectivity index (χ4n) is 2.80. The lowest BCUT2D eigenvalue weighted by molar-refractivity contribution is -0.128. The largest absolute Gasteiger partial charge is 0.480 e. The fraction of sp³-hybridized carbons (Fsp3) is 0.381. The first kappa shape index (κ1) is 21.0. The van der Waals surface area contributed by atoms with Crippen molar-refractivity contribution >= 4 is 15.7 Å². The van der Waals surface area contributed by atoms with E-state index in [1.807, 2.05) is 45.9 Å². The molecule has 0 aliphatic carbocycles. The molecule has 0 aliphatic heterocycles. The maximum atomic E-state index is 12.6. The lowest BCUT2D eigenvalue weighted by Gasteiger charge is -2.22. The Kier molecular flexibility index (Phi) is 6.65. The van der Waals surface area contributed by atoms with Crippen molar-refractivity contribution < 1.29 is 17.9 Å². The summed E-state index contributed by atoms with van der Waals surface area (Å²) in [6.07, 6.45) is 1.12. The van der Waals surface area contributed by atoms with Gasteiger partial charge in [-0.05, 0) is 56.5 Å². The fourth-order valence-corrected chi connectivity index (χ4v) is 3.43. The summed E-state index contributed by atoms with van der Waals surface area (Å²) < 4.78 is 29.0. The molecular weight excluding hydrogens is 362 g/mol. The zero-order valence-corrected chi connectivity index (χ0v) is 17.3. The smallest absolute Gasteiger partial charge is 0.261 e. The Balaban J connectivity index is 2.07. The molecular formula is C21H27NO4S. The van der Waals surface area contributed by atoms with Crippen LogP contribution in [0.2, 0.25) is 0 Å². The van der Waals surface area contributed by atoms with Crippen molar-refractivity contribution in [2.45, 2.75) is 51.2 Å². The molecule has 0 aromatic heterocycles. The molecule has 0 radical (unpaired) electrons. The number of carbonyl (C=O) groups excluding carboxylic acids is 1. The molecule has 2 aromatic rings. The average molecular weight is 390 g/mol. The number of sulfone groups is 1. The Hall–Kier alpha value is -2.34. The standard InChI is InChI=1S/C21H27NO4S/c1-6-19(26-20-12-7-14(2)13-15(20)3)21(23)22-16(4)17-8-10-18(11-9-17)27(5,24)25/h7-13,16,19H,6H2,1-5H3,(H,22,23)/t16-,19-/m0/s1. The van der Waals surface area contributed by atoms with E-state index in [0.717, 1.165) is 16.7 Å². The number of carbonyl (C=O) groups is 1. The van der Waals surface area contributed by atoms with E-state index in [-0.39, 0.29) is 16.8 Å². The Morgan fingerprint density at radius 1 is 1.11 bits per heavy atom. The highest BCUT2D eigenvalue weighted by Gasteiger charge is 2.21. The van der Waals surface area contributed by atoms with E-state index < -0.39 is 15.9 Å². The monoisotopic (exact) mass is 389 g/mol. The minimum Gasteiger partial charge on any atom is -0.480 e. The highest BCUT2D eigenvalue weighted by Crippen LogP contribution is 2.22.